The number of carbonyl (C=O) groups is 1. The number of hydrogen-bond donors (Lipinski definition) is 2. The zero-order valence-electron chi connectivity index (χ0n) is 17.3. The Kier molecular flexibility index (Phi) is 5.63. The molecule has 0 fully saturated rings. The molecule has 1 amide bonds. The van der Waals surface area contributed by atoms with Crippen LogP contribution in [0.3, 0.4) is 0 Å². The molecule has 3 aromatic rings. The Morgan fingerprint density at radius 1 is 1.03 bits per heavy atom. The van der Waals surface area contributed by atoms with Gasteiger partial charge in [-0.25, -0.2) is 18.1 Å². The molecule has 2 aromatic heterocycles. The molecule has 3 N–H and O–H groups in total. The van der Waals surface area contributed by atoms with Crippen LogP contribution in [0.5, 0.6) is 0 Å². The topological polar surface area (TPSA) is 115 Å². The number of nitrogens with two attached hydrogens (primary N) is 1. The molecule has 0 aliphatic heterocycles. The van der Waals surface area contributed by atoms with E-state index < -0.39 is 15.9 Å². The van der Waals surface area contributed by atoms with Gasteiger partial charge in [0.05, 0.1) is 11.3 Å². The van der Waals surface area contributed by atoms with Crippen LogP contribution < -0.4 is 10.5 Å². The Labute approximate surface area is 176 Å². The van der Waals surface area contributed by atoms with Crippen LogP contribution >= 0.6 is 0 Å². The smallest absolute Gasteiger partial charge is 0.267 e. The largest absolute Gasteiger partial charge is 0.383 e. The Balaban J connectivity index is 2.07. The van der Waals surface area contributed by atoms with Gasteiger partial charge in [0, 0.05) is 22.9 Å². The average molecular weight is 425 g/mol. The third kappa shape index (κ3) is 4.49. The van der Waals surface area contributed by atoms with Gasteiger partial charge < -0.3 is 5.73 Å². The average Bonchev–Trinajstić information content (AvgIpc) is 2.67. The summed E-state index contributed by atoms with van der Waals surface area (Å²) in [5, 5.41) is 0. The van der Waals surface area contributed by atoms with E-state index >= 15 is 0 Å². The van der Waals surface area contributed by atoms with Crippen molar-refractivity contribution in [3.63, 3.8) is 0 Å². The van der Waals surface area contributed by atoms with Crippen molar-refractivity contribution in [1.82, 2.24) is 14.7 Å². The lowest BCUT2D eigenvalue weighted by Crippen LogP contribution is -2.32. The van der Waals surface area contributed by atoms with Crippen molar-refractivity contribution in [1.29, 1.82) is 0 Å². The molecule has 30 heavy (non-hydrogen) atoms. The highest BCUT2D eigenvalue weighted by molar-refractivity contribution is 7.90. The quantitative estimate of drug-likeness (QED) is 0.663. The van der Waals surface area contributed by atoms with Crippen LogP contribution in [0.4, 0.5) is 5.82 Å². The van der Waals surface area contributed by atoms with Crippen molar-refractivity contribution >= 4 is 21.7 Å². The molecule has 0 atom stereocenters. The van der Waals surface area contributed by atoms with E-state index in [2.05, 4.69) is 9.71 Å². The van der Waals surface area contributed by atoms with Crippen LogP contribution in [0, 0.1) is 6.92 Å². The molecule has 2 heterocycles. The molecule has 156 valence electrons. The van der Waals surface area contributed by atoms with Gasteiger partial charge >= 0.3 is 0 Å². The number of nitrogen functional groups attached to an aromatic ring is 1. The molecule has 0 saturated carbocycles. The highest BCUT2D eigenvalue weighted by Crippen LogP contribution is 2.28. The summed E-state index contributed by atoms with van der Waals surface area (Å²) in [6.07, 6.45) is 1.38. The molecular weight excluding hydrogens is 400 g/mol. The molecule has 0 bridgehead atoms. The van der Waals surface area contributed by atoms with Crippen molar-refractivity contribution in [2.45, 2.75) is 38.0 Å². The zero-order chi connectivity index (χ0) is 22.1. The first-order chi connectivity index (χ1) is 14.0. The normalized spacial score (nSPS) is 11.9. The Bertz CT molecular complexity index is 1200. The molecular formula is C22H24N4O3S. The van der Waals surface area contributed by atoms with Gasteiger partial charge in [0.2, 0.25) is 0 Å². The highest BCUT2D eigenvalue weighted by atomic mass is 32.2. The van der Waals surface area contributed by atoms with Gasteiger partial charge in [0.15, 0.2) is 0 Å². The second kappa shape index (κ2) is 7.87. The minimum Gasteiger partial charge on any atom is -0.383 e. The minimum atomic E-state index is -4.20. The molecule has 0 saturated heterocycles. The van der Waals surface area contributed by atoms with E-state index in [0.29, 0.717) is 5.69 Å². The highest BCUT2D eigenvalue weighted by Gasteiger charge is 2.25. The molecule has 1 aromatic carbocycles. The number of rotatable bonds is 4. The maximum absolute atomic E-state index is 13.0. The van der Waals surface area contributed by atoms with Crippen molar-refractivity contribution in [3.8, 4) is 11.3 Å². The van der Waals surface area contributed by atoms with E-state index in [1.54, 1.807) is 12.1 Å². The summed E-state index contributed by atoms with van der Waals surface area (Å²) >= 11 is 0. The van der Waals surface area contributed by atoms with Crippen LogP contribution in [-0.2, 0) is 15.4 Å². The first kappa shape index (κ1) is 21.4. The third-order valence-electron chi connectivity index (χ3n) is 4.55. The lowest BCUT2D eigenvalue weighted by Gasteiger charge is -2.20. The molecule has 0 radical (unpaired) electrons. The fourth-order valence-electron chi connectivity index (χ4n) is 2.85. The minimum absolute atomic E-state index is 0.151. The first-order valence-electron chi connectivity index (χ1n) is 9.35. The van der Waals surface area contributed by atoms with Crippen LogP contribution in [0.2, 0.25) is 0 Å². The van der Waals surface area contributed by atoms with Crippen molar-refractivity contribution in [2.75, 3.05) is 5.73 Å². The molecule has 0 aliphatic carbocycles. The maximum atomic E-state index is 13.0. The number of amides is 1. The molecule has 7 nitrogen and oxygen atoms in total. The van der Waals surface area contributed by atoms with E-state index in [1.165, 1.54) is 18.3 Å². The summed E-state index contributed by atoms with van der Waals surface area (Å²) in [6.45, 7) is 8.01. The number of nitrogens with zero attached hydrogens (tertiary/aromatic N) is 2. The van der Waals surface area contributed by atoms with Gasteiger partial charge in [-0.15, -0.1) is 0 Å². The van der Waals surface area contributed by atoms with Crippen molar-refractivity contribution in [3.05, 3.63) is 71.5 Å². The van der Waals surface area contributed by atoms with E-state index in [1.807, 2.05) is 52.0 Å². The number of carbonyl (C=O) groups excluding carboxylic acids is 1. The van der Waals surface area contributed by atoms with Gasteiger partial charge in [-0.2, -0.15) is 0 Å². The van der Waals surface area contributed by atoms with Gasteiger partial charge in [-0.1, -0.05) is 50.6 Å². The molecule has 0 aliphatic rings. The van der Waals surface area contributed by atoms with Gasteiger partial charge in [-0.05, 0) is 31.2 Å². The fraction of sp³-hybridized carbons (Fsp3) is 0.227. The lowest BCUT2D eigenvalue weighted by molar-refractivity contribution is 0.0981. The summed E-state index contributed by atoms with van der Waals surface area (Å²) in [5.74, 6) is -0.973. The summed E-state index contributed by atoms with van der Waals surface area (Å²) < 4.78 is 27.4. The molecule has 0 unspecified atom stereocenters. The van der Waals surface area contributed by atoms with Gasteiger partial charge in [-0.3, -0.25) is 9.78 Å². The summed E-state index contributed by atoms with van der Waals surface area (Å²) in [6, 6.07) is 13.6. The SMILES string of the molecule is Cc1ccc(-c2nc(C(C)(C)C)ccc2C(=O)NS(=O)(=O)c2cccnc2N)cc1. The van der Waals surface area contributed by atoms with E-state index in [9.17, 15) is 13.2 Å². The monoisotopic (exact) mass is 424 g/mol. The number of hydrogen-bond acceptors (Lipinski definition) is 6. The number of nitrogens with one attached hydrogen (secondary N) is 1. The molecule has 0 spiro atoms. The number of benzene rings is 1. The predicted octanol–water partition coefficient (Wildman–Crippen LogP) is 3.45. The third-order valence-corrected chi connectivity index (χ3v) is 5.93. The van der Waals surface area contributed by atoms with E-state index in [4.69, 9.17) is 10.7 Å². The number of sulfonamides is 1. The van der Waals surface area contributed by atoms with E-state index in [0.717, 1.165) is 16.8 Å². The lowest BCUT2D eigenvalue weighted by atomic mass is 9.90. The number of aromatic nitrogens is 2. The zero-order valence-corrected chi connectivity index (χ0v) is 18.1. The van der Waals surface area contributed by atoms with Crippen LogP contribution in [0.25, 0.3) is 11.3 Å². The van der Waals surface area contributed by atoms with E-state index in [-0.39, 0.29) is 21.7 Å². The van der Waals surface area contributed by atoms with Gasteiger partial charge in [0.25, 0.3) is 15.9 Å². The second-order valence-electron chi connectivity index (χ2n) is 8.03. The Hall–Kier alpha value is -3.26. The van der Waals surface area contributed by atoms with Crippen LogP contribution in [0.15, 0.2) is 59.6 Å². The van der Waals surface area contributed by atoms with Crippen LogP contribution in [0.1, 0.15) is 42.4 Å². The second-order valence-corrected chi connectivity index (χ2v) is 9.68. The molecule has 8 heteroatoms. The maximum Gasteiger partial charge on any atom is 0.267 e. The predicted molar refractivity (Wildman–Crippen MR) is 116 cm³/mol. The Morgan fingerprint density at radius 2 is 1.70 bits per heavy atom. The molecule has 3 rings (SSSR count). The van der Waals surface area contributed by atoms with Crippen LogP contribution in [-0.4, -0.2) is 24.3 Å². The van der Waals surface area contributed by atoms with Gasteiger partial charge in [0.1, 0.15) is 10.7 Å². The number of pyridine rings is 2. The number of aryl methyl sites for hydroxylation is 1. The Morgan fingerprint density at radius 3 is 2.30 bits per heavy atom. The summed E-state index contributed by atoms with van der Waals surface area (Å²) in [4.78, 5) is 21.2. The number of anilines is 1. The van der Waals surface area contributed by atoms with Crippen molar-refractivity contribution in [2.24, 2.45) is 0 Å². The summed E-state index contributed by atoms with van der Waals surface area (Å²) in [7, 11) is -4.20. The first-order valence-corrected chi connectivity index (χ1v) is 10.8. The fourth-order valence-corrected chi connectivity index (χ4v) is 3.90. The standard InChI is InChI=1S/C22H24N4O3S/c1-14-7-9-15(10-8-14)19-16(11-12-18(25-19)22(2,3)4)21(27)26-30(28,29)17-6-5-13-24-20(17)23/h5-13H,1-4H3,(H2,23,24)(H,26,27). The summed E-state index contributed by atoms with van der Waals surface area (Å²) in [5.41, 5.74) is 8.55. The van der Waals surface area contributed by atoms with Crippen molar-refractivity contribution < 1.29 is 13.2 Å².